The van der Waals surface area contributed by atoms with Crippen LogP contribution in [0, 0.1) is 0 Å². The van der Waals surface area contributed by atoms with Gasteiger partial charge in [-0.15, -0.1) is 0 Å². The zero-order valence-electron chi connectivity index (χ0n) is 11.9. The molecule has 2 aliphatic rings. The van der Waals surface area contributed by atoms with Crippen molar-refractivity contribution in [1.29, 1.82) is 0 Å². The largest absolute Gasteiger partial charge is 0.387 e. The topological polar surface area (TPSA) is 35.9 Å². The van der Waals surface area contributed by atoms with Crippen LogP contribution in [0.15, 0.2) is 0 Å². The van der Waals surface area contributed by atoms with Crippen molar-refractivity contribution in [3.63, 3.8) is 0 Å². The van der Waals surface area contributed by atoms with Gasteiger partial charge in [0.15, 0.2) is 0 Å². The van der Waals surface area contributed by atoms with E-state index in [0.29, 0.717) is 6.04 Å². The van der Waals surface area contributed by atoms with Crippen LogP contribution in [0.1, 0.15) is 33.1 Å². The quantitative estimate of drug-likeness (QED) is 0.812. The minimum Gasteiger partial charge on any atom is -0.387 e. The van der Waals surface area contributed by atoms with Gasteiger partial charge in [-0.05, 0) is 32.7 Å². The van der Waals surface area contributed by atoms with E-state index in [4.69, 9.17) is 4.74 Å². The van der Waals surface area contributed by atoms with Gasteiger partial charge in [0.1, 0.15) is 0 Å². The third kappa shape index (κ3) is 3.67. The fourth-order valence-electron chi connectivity index (χ4n) is 3.09. The lowest BCUT2D eigenvalue weighted by atomic mass is 9.91. The van der Waals surface area contributed by atoms with Crippen molar-refractivity contribution in [2.45, 2.75) is 44.8 Å². The summed E-state index contributed by atoms with van der Waals surface area (Å²) in [5.41, 5.74) is -0.515. The van der Waals surface area contributed by atoms with E-state index in [1.807, 2.05) is 0 Å². The van der Waals surface area contributed by atoms with Crippen LogP contribution in [0.2, 0.25) is 0 Å². The molecule has 2 atom stereocenters. The molecule has 0 aliphatic carbocycles. The number of nitrogens with zero attached hydrogens (tertiary/aromatic N) is 2. The molecule has 0 spiro atoms. The highest BCUT2D eigenvalue weighted by Crippen LogP contribution is 2.24. The van der Waals surface area contributed by atoms with Crippen molar-refractivity contribution in [3.05, 3.63) is 0 Å². The second-order valence-electron chi connectivity index (χ2n) is 5.94. The summed E-state index contributed by atoms with van der Waals surface area (Å²) in [6.45, 7) is 10.8. The van der Waals surface area contributed by atoms with Crippen molar-refractivity contribution >= 4 is 0 Å². The molecule has 106 valence electrons. The fraction of sp³-hybridized carbons (Fsp3) is 1.00. The number of aliphatic hydroxyl groups is 1. The minimum absolute atomic E-state index is 0.515. The lowest BCUT2D eigenvalue weighted by molar-refractivity contribution is -0.0766. The molecule has 2 heterocycles. The Morgan fingerprint density at radius 1 is 1.28 bits per heavy atom. The normalized spacial score (nSPS) is 33.5. The maximum Gasteiger partial charge on any atom is 0.0900 e. The number of rotatable bonds is 4. The molecule has 0 saturated carbocycles. The minimum atomic E-state index is -0.515. The van der Waals surface area contributed by atoms with E-state index in [2.05, 4.69) is 23.6 Å². The molecule has 2 rings (SSSR count). The van der Waals surface area contributed by atoms with Crippen LogP contribution in [0.3, 0.4) is 0 Å². The number of likely N-dealkylation sites (tertiary alicyclic amines) is 1. The summed E-state index contributed by atoms with van der Waals surface area (Å²) in [6.07, 6.45) is 3.22. The lowest BCUT2D eigenvalue weighted by Crippen LogP contribution is -2.57. The van der Waals surface area contributed by atoms with Crippen LogP contribution >= 0.6 is 0 Å². The Hall–Kier alpha value is -0.160. The van der Waals surface area contributed by atoms with Gasteiger partial charge in [-0.2, -0.15) is 0 Å². The van der Waals surface area contributed by atoms with Crippen molar-refractivity contribution in [1.82, 2.24) is 9.80 Å². The first-order valence-corrected chi connectivity index (χ1v) is 7.39. The molecule has 2 fully saturated rings. The van der Waals surface area contributed by atoms with Gasteiger partial charge in [0.2, 0.25) is 0 Å². The maximum atomic E-state index is 10.8. The molecule has 0 bridgehead atoms. The molecule has 1 N–H and O–H groups in total. The Morgan fingerprint density at radius 2 is 2.00 bits per heavy atom. The molecule has 4 heteroatoms. The molecular formula is C14H28N2O2. The van der Waals surface area contributed by atoms with E-state index in [1.165, 1.54) is 0 Å². The predicted molar refractivity (Wildman–Crippen MR) is 72.8 cm³/mol. The lowest BCUT2D eigenvalue weighted by Gasteiger charge is -2.44. The molecule has 0 amide bonds. The van der Waals surface area contributed by atoms with E-state index in [1.54, 1.807) is 0 Å². The van der Waals surface area contributed by atoms with Gasteiger partial charge < -0.3 is 9.84 Å². The van der Waals surface area contributed by atoms with E-state index < -0.39 is 5.60 Å². The van der Waals surface area contributed by atoms with Crippen LogP contribution in [0.5, 0.6) is 0 Å². The molecule has 18 heavy (non-hydrogen) atoms. The van der Waals surface area contributed by atoms with E-state index >= 15 is 0 Å². The summed E-state index contributed by atoms with van der Waals surface area (Å²) in [5, 5.41) is 10.8. The Morgan fingerprint density at radius 3 is 2.67 bits per heavy atom. The third-order valence-electron chi connectivity index (χ3n) is 4.42. The molecule has 2 aliphatic heterocycles. The first-order valence-electron chi connectivity index (χ1n) is 7.39. The first kappa shape index (κ1) is 14.3. The summed E-state index contributed by atoms with van der Waals surface area (Å²) in [7, 11) is 0. The molecule has 2 saturated heterocycles. The molecule has 0 aromatic heterocycles. The van der Waals surface area contributed by atoms with Gasteiger partial charge in [0, 0.05) is 32.2 Å². The Labute approximate surface area is 111 Å². The van der Waals surface area contributed by atoms with Crippen molar-refractivity contribution in [2.75, 3.05) is 45.9 Å². The van der Waals surface area contributed by atoms with Crippen LogP contribution in [0.4, 0.5) is 0 Å². The smallest absolute Gasteiger partial charge is 0.0900 e. The summed E-state index contributed by atoms with van der Waals surface area (Å²) < 4.78 is 5.36. The molecular weight excluding hydrogens is 228 g/mol. The number of morpholine rings is 1. The Bertz CT molecular complexity index is 252. The maximum absolute atomic E-state index is 10.8. The number of ether oxygens (including phenoxy) is 1. The molecule has 0 aromatic rings. The van der Waals surface area contributed by atoms with Crippen LogP contribution < -0.4 is 0 Å². The van der Waals surface area contributed by atoms with Gasteiger partial charge in [0.05, 0.1) is 18.8 Å². The number of β-amino-alcohol motifs (C(OH)–C–C–N with tert-alkyl or cyclic N) is 1. The highest BCUT2D eigenvalue weighted by Gasteiger charge is 2.36. The van der Waals surface area contributed by atoms with E-state index in [9.17, 15) is 5.11 Å². The second-order valence-corrected chi connectivity index (χ2v) is 5.94. The average Bonchev–Trinajstić information content (AvgIpc) is 2.38. The highest BCUT2D eigenvalue weighted by atomic mass is 16.5. The monoisotopic (exact) mass is 256 g/mol. The average molecular weight is 256 g/mol. The van der Waals surface area contributed by atoms with Crippen LogP contribution in [0.25, 0.3) is 0 Å². The fourth-order valence-corrected chi connectivity index (χ4v) is 3.09. The second kappa shape index (κ2) is 6.33. The SMILES string of the molecule is CCC(C)N1CCCC(O)(CN2CCOCC2)C1. The Kier molecular flexibility index (Phi) is 5.01. The summed E-state index contributed by atoms with van der Waals surface area (Å²) in [4.78, 5) is 4.80. The predicted octanol–water partition coefficient (Wildman–Crippen LogP) is 0.944. The van der Waals surface area contributed by atoms with Crippen molar-refractivity contribution in [2.24, 2.45) is 0 Å². The van der Waals surface area contributed by atoms with Gasteiger partial charge >= 0.3 is 0 Å². The van der Waals surface area contributed by atoms with Gasteiger partial charge in [-0.25, -0.2) is 0 Å². The van der Waals surface area contributed by atoms with Crippen molar-refractivity contribution in [3.8, 4) is 0 Å². The number of piperidine rings is 1. The van der Waals surface area contributed by atoms with Gasteiger partial charge in [-0.1, -0.05) is 6.92 Å². The first-order chi connectivity index (χ1) is 8.63. The van der Waals surface area contributed by atoms with Gasteiger partial charge in [0.25, 0.3) is 0 Å². The molecule has 0 aromatic carbocycles. The molecule has 2 unspecified atom stereocenters. The summed E-state index contributed by atoms with van der Waals surface area (Å²) in [6, 6.07) is 0.585. The van der Waals surface area contributed by atoms with Crippen LogP contribution in [-0.4, -0.2) is 72.5 Å². The third-order valence-corrected chi connectivity index (χ3v) is 4.42. The van der Waals surface area contributed by atoms with E-state index in [-0.39, 0.29) is 0 Å². The summed E-state index contributed by atoms with van der Waals surface area (Å²) in [5.74, 6) is 0. The zero-order chi connectivity index (χ0) is 13.0. The molecule has 0 radical (unpaired) electrons. The Balaban J connectivity index is 1.88. The summed E-state index contributed by atoms with van der Waals surface area (Å²) >= 11 is 0. The standard InChI is InChI=1S/C14H28N2O2/c1-3-13(2)16-6-4-5-14(17,12-16)11-15-7-9-18-10-8-15/h13,17H,3-12H2,1-2H3. The molecule has 4 nitrogen and oxygen atoms in total. The highest BCUT2D eigenvalue weighted by molar-refractivity contribution is 4.91. The van der Waals surface area contributed by atoms with Crippen LogP contribution in [-0.2, 0) is 4.74 Å². The van der Waals surface area contributed by atoms with E-state index in [0.717, 1.165) is 65.2 Å². The van der Waals surface area contributed by atoms with Crippen molar-refractivity contribution < 1.29 is 9.84 Å². The zero-order valence-corrected chi connectivity index (χ0v) is 11.9. The number of hydrogen-bond donors (Lipinski definition) is 1. The van der Waals surface area contributed by atoms with Gasteiger partial charge in [-0.3, -0.25) is 9.80 Å². The number of hydrogen-bond acceptors (Lipinski definition) is 4.